The molecule has 2 aromatic carbocycles. The van der Waals surface area contributed by atoms with Crippen LogP contribution in [0.25, 0.3) is 0 Å². The van der Waals surface area contributed by atoms with Crippen molar-refractivity contribution >= 4 is 11.7 Å². The monoisotopic (exact) mass is 396 g/mol. The molecule has 150 valence electrons. The number of aromatic nitrogens is 1. The molecule has 0 fully saturated rings. The van der Waals surface area contributed by atoms with Crippen molar-refractivity contribution in [2.75, 3.05) is 0 Å². The zero-order valence-corrected chi connectivity index (χ0v) is 16.2. The van der Waals surface area contributed by atoms with Crippen LogP contribution in [0.1, 0.15) is 46.0 Å². The largest absolute Gasteiger partial charge is 0.489 e. The summed E-state index contributed by atoms with van der Waals surface area (Å²) in [6.45, 7) is 5.64. The molecule has 0 saturated carbocycles. The lowest BCUT2D eigenvalue weighted by molar-refractivity contribution is -0.385. The van der Waals surface area contributed by atoms with E-state index in [1.165, 1.54) is 12.1 Å². The molecule has 0 amide bonds. The average molecular weight is 396 g/mol. The standard InChI is InChI=1S/C21H20N2O6/c1-13-20(15(3)29-22-13)12-27-19-9-7-16(8-10-19)21(24)28-14(2)17-5-4-6-18(11-17)23(25)26/h4-11,14H,12H2,1-3H3/t14-/m0/s1. The maximum absolute atomic E-state index is 12.4. The van der Waals surface area contributed by atoms with Crippen LogP contribution in [0.15, 0.2) is 53.1 Å². The van der Waals surface area contributed by atoms with Crippen molar-refractivity contribution < 1.29 is 23.7 Å². The van der Waals surface area contributed by atoms with Crippen LogP contribution in [0.4, 0.5) is 5.69 Å². The molecule has 8 heteroatoms. The summed E-state index contributed by atoms with van der Waals surface area (Å²) in [5, 5.41) is 14.8. The normalized spacial score (nSPS) is 11.7. The van der Waals surface area contributed by atoms with Gasteiger partial charge in [-0.25, -0.2) is 4.79 Å². The zero-order valence-electron chi connectivity index (χ0n) is 16.2. The van der Waals surface area contributed by atoms with E-state index in [4.69, 9.17) is 14.0 Å². The number of hydrogen-bond acceptors (Lipinski definition) is 7. The van der Waals surface area contributed by atoms with E-state index in [2.05, 4.69) is 5.16 Å². The zero-order chi connectivity index (χ0) is 21.0. The Morgan fingerprint density at radius 3 is 2.55 bits per heavy atom. The maximum Gasteiger partial charge on any atom is 0.338 e. The third kappa shape index (κ3) is 4.78. The predicted molar refractivity (Wildman–Crippen MR) is 104 cm³/mol. The van der Waals surface area contributed by atoms with Gasteiger partial charge in [0.2, 0.25) is 0 Å². The molecule has 0 unspecified atom stereocenters. The molecule has 0 aliphatic heterocycles. The van der Waals surface area contributed by atoms with E-state index in [-0.39, 0.29) is 5.69 Å². The van der Waals surface area contributed by atoms with Crippen molar-refractivity contribution in [2.24, 2.45) is 0 Å². The summed E-state index contributed by atoms with van der Waals surface area (Å²) in [7, 11) is 0. The minimum atomic E-state index is -0.627. The summed E-state index contributed by atoms with van der Waals surface area (Å²) < 4.78 is 16.2. The maximum atomic E-state index is 12.4. The number of benzene rings is 2. The van der Waals surface area contributed by atoms with Crippen molar-refractivity contribution in [3.8, 4) is 5.75 Å². The smallest absolute Gasteiger partial charge is 0.338 e. The number of esters is 1. The molecule has 0 bridgehead atoms. The fourth-order valence-corrected chi connectivity index (χ4v) is 2.74. The molecular weight excluding hydrogens is 376 g/mol. The number of nitro benzene ring substituents is 1. The van der Waals surface area contributed by atoms with E-state index in [0.29, 0.717) is 29.2 Å². The first-order valence-corrected chi connectivity index (χ1v) is 8.95. The van der Waals surface area contributed by atoms with Gasteiger partial charge in [-0.15, -0.1) is 0 Å². The molecule has 0 aliphatic carbocycles. The number of nitrogens with zero attached hydrogens (tertiary/aromatic N) is 2. The molecule has 8 nitrogen and oxygen atoms in total. The van der Waals surface area contributed by atoms with Gasteiger partial charge in [-0.3, -0.25) is 10.1 Å². The van der Waals surface area contributed by atoms with Crippen molar-refractivity contribution in [3.63, 3.8) is 0 Å². The molecule has 1 aromatic heterocycles. The molecule has 3 aromatic rings. The molecule has 0 saturated heterocycles. The van der Waals surface area contributed by atoms with Gasteiger partial charge in [-0.2, -0.15) is 0 Å². The Morgan fingerprint density at radius 1 is 1.21 bits per heavy atom. The van der Waals surface area contributed by atoms with E-state index in [9.17, 15) is 14.9 Å². The van der Waals surface area contributed by atoms with Crippen LogP contribution in [0, 0.1) is 24.0 Å². The van der Waals surface area contributed by atoms with Gasteiger partial charge in [0.15, 0.2) is 0 Å². The molecule has 0 N–H and O–H groups in total. The lowest BCUT2D eigenvalue weighted by atomic mass is 10.1. The van der Waals surface area contributed by atoms with E-state index in [1.807, 2.05) is 13.8 Å². The van der Waals surface area contributed by atoms with Gasteiger partial charge in [0.25, 0.3) is 5.69 Å². The highest BCUT2D eigenvalue weighted by Crippen LogP contribution is 2.24. The van der Waals surface area contributed by atoms with Crippen LogP contribution in [0.2, 0.25) is 0 Å². The first-order chi connectivity index (χ1) is 13.8. The molecule has 29 heavy (non-hydrogen) atoms. The summed E-state index contributed by atoms with van der Waals surface area (Å²) in [6.07, 6.45) is -0.627. The number of non-ortho nitro benzene ring substituents is 1. The number of rotatable bonds is 7. The highest BCUT2D eigenvalue weighted by molar-refractivity contribution is 5.89. The second-order valence-corrected chi connectivity index (χ2v) is 6.52. The highest BCUT2D eigenvalue weighted by Gasteiger charge is 2.16. The van der Waals surface area contributed by atoms with Crippen LogP contribution in [-0.2, 0) is 11.3 Å². The van der Waals surface area contributed by atoms with Crippen LogP contribution in [-0.4, -0.2) is 16.0 Å². The minimum absolute atomic E-state index is 0.0507. The van der Waals surface area contributed by atoms with Crippen LogP contribution < -0.4 is 4.74 Å². The van der Waals surface area contributed by atoms with E-state index >= 15 is 0 Å². The number of carbonyl (C=O) groups excluding carboxylic acids is 1. The molecule has 3 rings (SSSR count). The van der Waals surface area contributed by atoms with Gasteiger partial charge in [0.1, 0.15) is 24.2 Å². The Kier molecular flexibility index (Phi) is 5.92. The second-order valence-electron chi connectivity index (χ2n) is 6.52. The van der Waals surface area contributed by atoms with Crippen LogP contribution in [0.3, 0.4) is 0 Å². The Labute approximate surface area is 167 Å². The van der Waals surface area contributed by atoms with E-state index < -0.39 is 17.0 Å². The summed E-state index contributed by atoms with van der Waals surface area (Å²) in [4.78, 5) is 22.8. The highest BCUT2D eigenvalue weighted by atomic mass is 16.6. The topological polar surface area (TPSA) is 105 Å². The molecule has 0 spiro atoms. The fraction of sp³-hybridized carbons (Fsp3) is 0.238. The summed E-state index contributed by atoms with van der Waals surface area (Å²) in [5.41, 5.74) is 2.52. The first kappa shape index (κ1) is 20.1. The quantitative estimate of drug-likeness (QED) is 0.324. The lowest BCUT2D eigenvalue weighted by Gasteiger charge is -2.14. The van der Waals surface area contributed by atoms with E-state index in [1.54, 1.807) is 43.3 Å². The van der Waals surface area contributed by atoms with E-state index in [0.717, 1.165) is 11.3 Å². The summed E-state index contributed by atoms with van der Waals surface area (Å²) in [5.74, 6) is 0.771. The SMILES string of the molecule is Cc1noc(C)c1COc1ccc(C(=O)O[C@@H](C)c2cccc([N+](=O)[O-])c2)cc1. The lowest BCUT2D eigenvalue weighted by Crippen LogP contribution is -2.09. The van der Waals surface area contributed by atoms with Gasteiger partial charge in [0.05, 0.1) is 21.7 Å². The Hall–Kier alpha value is -3.68. The number of ether oxygens (including phenoxy) is 2. The second kappa shape index (κ2) is 8.55. The van der Waals surface area contributed by atoms with Crippen LogP contribution in [0.5, 0.6) is 5.75 Å². The molecule has 1 heterocycles. The van der Waals surface area contributed by atoms with Gasteiger partial charge in [0, 0.05) is 12.1 Å². The van der Waals surface area contributed by atoms with Gasteiger partial charge >= 0.3 is 5.97 Å². The average Bonchev–Trinajstić information content (AvgIpc) is 3.04. The van der Waals surface area contributed by atoms with Crippen molar-refractivity contribution in [2.45, 2.75) is 33.5 Å². The molecule has 0 radical (unpaired) electrons. The predicted octanol–water partition coefficient (Wildman–Crippen LogP) is 4.70. The van der Waals surface area contributed by atoms with Gasteiger partial charge in [-0.1, -0.05) is 17.3 Å². The summed E-state index contributed by atoms with van der Waals surface area (Å²) >= 11 is 0. The van der Waals surface area contributed by atoms with Crippen molar-refractivity contribution in [3.05, 3.63) is 86.8 Å². The Morgan fingerprint density at radius 2 is 1.93 bits per heavy atom. The third-order valence-corrected chi connectivity index (χ3v) is 4.49. The van der Waals surface area contributed by atoms with Crippen molar-refractivity contribution in [1.29, 1.82) is 0 Å². The first-order valence-electron chi connectivity index (χ1n) is 8.95. The van der Waals surface area contributed by atoms with Gasteiger partial charge < -0.3 is 14.0 Å². The number of carbonyl (C=O) groups is 1. The number of hydrogen-bond donors (Lipinski definition) is 0. The van der Waals surface area contributed by atoms with Crippen LogP contribution >= 0.6 is 0 Å². The fourth-order valence-electron chi connectivity index (χ4n) is 2.74. The van der Waals surface area contributed by atoms with Crippen molar-refractivity contribution in [1.82, 2.24) is 5.16 Å². The minimum Gasteiger partial charge on any atom is -0.489 e. The number of aryl methyl sites for hydroxylation is 2. The Balaban J connectivity index is 1.61. The summed E-state index contributed by atoms with van der Waals surface area (Å²) in [6, 6.07) is 12.6. The Bertz CT molecular complexity index is 1010. The molecule has 1 atom stereocenters. The number of nitro groups is 1. The third-order valence-electron chi connectivity index (χ3n) is 4.49. The van der Waals surface area contributed by atoms with Gasteiger partial charge in [-0.05, 0) is 50.6 Å². The molecule has 0 aliphatic rings. The molecular formula is C21H20N2O6.